The minimum absolute atomic E-state index is 0.0486. The molecule has 0 saturated carbocycles. The van der Waals surface area contributed by atoms with E-state index >= 15 is 0 Å². The van der Waals surface area contributed by atoms with Gasteiger partial charge in [0.2, 0.25) is 0 Å². The lowest BCUT2D eigenvalue weighted by Crippen LogP contribution is -2.29. The van der Waals surface area contributed by atoms with Gasteiger partial charge < -0.3 is 10.1 Å². The second kappa shape index (κ2) is 5.27. The van der Waals surface area contributed by atoms with Crippen LogP contribution in [0.1, 0.15) is 28.0 Å². The highest BCUT2D eigenvalue weighted by Gasteiger charge is 2.16. The Morgan fingerprint density at radius 3 is 3.06 bits per heavy atom. The van der Waals surface area contributed by atoms with Crippen molar-refractivity contribution in [3.8, 4) is 0 Å². The van der Waals surface area contributed by atoms with Crippen LogP contribution in [0.2, 0.25) is 0 Å². The van der Waals surface area contributed by atoms with Crippen LogP contribution in [0.3, 0.4) is 0 Å². The summed E-state index contributed by atoms with van der Waals surface area (Å²) in [5.41, 5.74) is 2.64. The molecule has 2 rings (SSSR count). The van der Waals surface area contributed by atoms with Gasteiger partial charge in [-0.2, -0.15) is 0 Å². The Bertz CT molecular complexity index is 412. The van der Waals surface area contributed by atoms with Crippen molar-refractivity contribution in [1.29, 1.82) is 0 Å². The van der Waals surface area contributed by atoms with Gasteiger partial charge in [-0.05, 0) is 31.9 Å². The van der Waals surface area contributed by atoms with E-state index in [9.17, 15) is 4.79 Å². The van der Waals surface area contributed by atoms with Gasteiger partial charge in [0.25, 0.3) is 5.91 Å². The largest absolute Gasteiger partial charge is 0.381 e. The van der Waals surface area contributed by atoms with Crippen molar-refractivity contribution < 1.29 is 9.53 Å². The molecule has 1 aromatic heterocycles. The standard InChI is InChI=1S/C13H18N2O2/c1-9-5-12(7-14-10(9)2)13(16)15-6-11-3-4-17-8-11/h5,7,11H,3-4,6,8H2,1-2H3,(H,15,16). The van der Waals surface area contributed by atoms with Gasteiger partial charge in [-0.25, -0.2) is 0 Å². The molecular formula is C13H18N2O2. The summed E-state index contributed by atoms with van der Waals surface area (Å²) < 4.78 is 5.27. The highest BCUT2D eigenvalue weighted by atomic mass is 16.5. The van der Waals surface area contributed by atoms with E-state index in [-0.39, 0.29) is 5.91 Å². The van der Waals surface area contributed by atoms with E-state index in [0.717, 1.165) is 30.9 Å². The van der Waals surface area contributed by atoms with E-state index < -0.39 is 0 Å². The SMILES string of the molecule is Cc1cc(C(=O)NCC2CCOC2)cnc1C. The molecule has 1 aromatic rings. The molecule has 1 atom stereocenters. The molecule has 0 aliphatic carbocycles. The second-order valence-corrected chi connectivity index (χ2v) is 4.57. The summed E-state index contributed by atoms with van der Waals surface area (Å²) in [5.74, 6) is 0.408. The first-order chi connectivity index (χ1) is 8.16. The number of ether oxygens (including phenoxy) is 1. The van der Waals surface area contributed by atoms with Crippen LogP contribution in [-0.4, -0.2) is 30.6 Å². The van der Waals surface area contributed by atoms with Crippen LogP contribution < -0.4 is 5.32 Å². The van der Waals surface area contributed by atoms with E-state index in [1.807, 2.05) is 19.9 Å². The van der Waals surface area contributed by atoms with Gasteiger partial charge in [0, 0.05) is 31.0 Å². The van der Waals surface area contributed by atoms with Crippen LogP contribution in [-0.2, 0) is 4.74 Å². The predicted octanol–water partition coefficient (Wildman–Crippen LogP) is 1.46. The minimum atomic E-state index is -0.0486. The molecule has 0 radical (unpaired) electrons. The van der Waals surface area contributed by atoms with Crippen LogP contribution >= 0.6 is 0 Å². The predicted molar refractivity (Wildman–Crippen MR) is 65.0 cm³/mol. The third kappa shape index (κ3) is 3.03. The average Bonchev–Trinajstić information content (AvgIpc) is 2.82. The first kappa shape index (κ1) is 12.0. The Morgan fingerprint density at radius 2 is 2.41 bits per heavy atom. The zero-order valence-electron chi connectivity index (χ0n) is 10.3. The monoisotopic (exact) mass is 234 g/mol. The molecule has 4 heteroatoms. The molecule has 1 aliphatic heterocycles. The number of hydrogen-bond acceptors (Lipinski definition) is 3. The number of aromatic nitrogens is 1. The molecule has 1 fully saturated rings. The molecule has 2 heterocycles. The van der Waals surface area contributed by atoms with Crippen molar-refractivity contribution in [2.75, 3.05) is 19.8 Å². The van der Waals surface area contributed by atoms with Gasteiger partial charge in [-0.1, -0.05) is 0 Å². The molecule has 1 unspecified atom stereocenters. The number of amides is 1. The summed E-state index contributed by atoms with van der Waals surface area (Å²) in [6.07, 6.45) is 2.66. The lowest BCUT2D eigenvalue weighted by Gasteiger charge is -2.10. The van der Waals surface area contributed by atoms with E-state index in [0.29, 0.717) is 18.0 Å². The number of carbonyl (C=O) groups is 1. The Balaban J connectivity index is 1.92. The lowest BCUT2D eigenvalue weighted by molar-refractivity contribution is 0.0944. The minimum Gasteiger partial charge on any atom is -0.381 e. The number of carbonyl (C=O) groups excluding carboxylic acids is 1. The normalized spacial score (nSPS) is 19.3. The van der Waals surface area contributed by atoms with Crippen LogP contribution in [0.15, 0.2) is 12.3 Å². The maximum Gasteiger partial charge on any atom is 0.252 e. The van der Waals surface area contributed by atoms with E-state index in [1.165, 1.54) is 0 Å². The molecule has 1 saturated heterocycles. The zero-order chi connectivity index (χ0) is 12.3. The van der Waals surface area contributed by atoms with Crippen LogP contribution in [0, 0.1) is 19.8 Å². The number of rotatable bonds is 3. The van der Waals surface area contributed by atoms with Crippen molar-refractivity contribution >= 4 is 5.91 Å². The van der Waals surface area contributed by atoms with Gasteiger partial charge >= 0.3 is 0 Å². The Kier molecular flexibility index (Phi) is 3.74. The van der Waals surface area contributed by atoms with Crippen LogP contribution in [0.25, 0.3) is 0 Å². The van der Waals surface area contributed by atoms with Crippen molar-refractivity contribution in [3.63, 3.8) is 0 Å². The number of nitrogens with one attached hydrogen (secondary N) is 1. The third-order valence-electron chi connectivity index (χ3n) is 3.18. The fourth-order valence-corrected chi connectivity index (χ4v) is 1.85. The fraction of sp³-hybridized carbons (Fsp3) is 0.538. The first-order valence-corrected chi connectivity index (χ1v) is 5.96. The van der Waals surface area contributed by atoms with Crippen LogP contribution in [0.5, 0.6) is 0 Å². The molecule has 0 bridgehead atoms. The van der Waals surface area contributed by atoms with Gasteiger partial charge in [-0.15, -0.1) is 0 Å². The number of aryl methyl sites for hydroxylation is 2. The Morgan fingerprint density at radius 1 is 1.59 bits per heavy atom. The first-order valence-electron chi connectivity index (χ1n) is 5.96. The number of nitrogens with zero attached hydrogens (tertiary/aromatic N) is 1. The van der Waals surface area contributed by atoms with Gasteiger partial charge in [-0.3, -0.25) is 9.78 Å². The third-order valence-corrected chi connectivity index (χ3v) is 3.18. The molecule has 1 N–H and O–H groups in total. The Labute approximate surface area is 101 Å². The van der Waals surface area contributed by atoms with Crippen molar-refractivity contribution in [2.24, 2.45) is 5.92 Å². The molecule has 17 heavy (non-hydrogen) atoms. The molecule has 1 amide bonds. The van der Waals surface area contributed by atoms with E-state index in [4.69, 9.17) is 4.74 Å². The molecule has 1 aliphatic rings. The van der Waals surface area contributed by atoms with Gasteiger partial charge in [0.15, 0.2) is 0 Å². The quantitative estimate of drug-likeness (QED) is 0.861. The van der Waals surface area contributed by atoms with Crippen molar-refractivity contribution in [2.45, 2.75) is 20.3 Å². The van der Waals surface area contributed by atoms with Gasteiger partial charge in [0.05, 0.1) is 12.2 Å². The maximum atomic E-state index is 11.9. The van der Waals surface area contributed by atoms with Crippen molar-refractivity contribution in [1.82, 2.24) is 10.3 Å². The second-order valence-electron chi connectivity index (χ2n) is 4.57. The van der Waals surface area contributed by atoms with Crippen molar-refractivity contribution in [3.05, 3.63) is 29.1 Å². The van der Waals surface area contributed by atoms with E-state index in [1.54, 1.807) is 6.20 Å². The molecule has 4 nitrogen and oxygen atoms in total. The highest BCUT2D eigenvalue weighted by Crippen LogP contribution is 2.11. The smallest absolute Gasteiger partial charge is 0.252 e. The lowest BCUT2D eigenvalue weighted by atomic mass is 10.1. The van der Waals surface area contributed by atoms with Gasteiger partial charge in [0.1, 0.15) is 0 Å². The number of pyridine rings is 1. The molecule has 92 valence electrons. The summed E-state index contributed by atoms with van der Waals surface area (Å²) in [4.78, 5) is 16.1. The Hall–Kier alpha value is -1.42. The highest BCUT2D eigenvalue weighted by molar-refractivity contribution is 5.94. The topological polar surface area (TPSA) is 51.2 Å². The maximum absolute atomic E-state index is 11.9. The molecule has 0 spiro atoms. The molecule has 0 aromatic carbocycles. The summed E-state index contributed by atoms with van der Waals surface area (Å²) in [5, 5.41) is 2.93. The summed E-state index contributed by atoms with van der Waals surface area (Å²) in [6, 6.07) is 1.88. The molecular weight excluding hydrogens is 216 g/mol. The van der Waals surface area contributed by atoms with Crippen LogP contribution in [0.4, 0.5) is 0 Å². The number of hydrogen-bond donors (Lipinski definition) is 1. The van der Waals surface area contributed by atoms with E-state index in [2.05, 4.69) is 10.3 Å². The average molecular weight is 234 g/mol. The summed E-state index contributed by atoms with van der Waals surface area (Å²) in [7, 11) is 0. The zero-order valence-corrected chi connectivity index (χ0v) is 10.3. The fourth-order valence-electron chi connectivity index (χ4n) is 1.85. The summed E-state index contributed by atoms with van der Waals surface area (Å²) >= 11 is 0. The summed E-state index contributed by atoms with van der Waals surface area (Å²) in [6.45, 7) is 6.15.